The van der Waals surface area contributed by atoms with Crippen LogP contribution in [0.1, 0.15) is 6.42 Å². The molecule has 3 N–H and O–H groups in total. The van der Waals surface area contributed by atoms with Crippen molar-refractivity contribution in [2.24, 2.45) is 11.7 Å². The lowest BCUT2D eigenvalue weighted by Crippen LogP contribution is -2.23. The lowest BCUT2D eigenvalue weighted by Gasteiger charge is -2.08. The first kappa shape index (κ1) is 12.2. The molecule has 0 aromatic carbocycles. The Hall–Kier alpha value is -2.22. The number of anilines is 1. The van der Waals surface area contributed by atoms with Gasteiger partial charge in [-0.15, -0.1) is 0 Å². The van der Waals surface area contributed by atoms with Crippen LogP contribution >= 0.6 is 0 Å². The van der Waals surface area contributed by atoms with Crippen LogP contribution in [0.25, 0.3) is 0 Å². The molecule has 1 aromatic heterocycles. The maximum absolute atomic E-state index is 11.8. The lowest BCUT2D eigenvalue weighted by molar-refractivity contribution is -0.119. The molecule has 1 saturated heterocycles. The Bertz CT molecular complexity index is 459. The maximum Gasteiger partial charge on any atom is 0.411 e. The highest BCUT2D eigenvalue weighted by Gasteiger charge is 2.23. The SMILES string of the molecule is NC(=O)Oc1cc(NC(=O)C2CCOC2)ncn1. The van der Waals surface area contributed by atoms with Gasteiger partial charge in [-0.1, -0.05) is 0 Å². The van der Waals surface area contributed by atoms with Gasteiger partial charge >= 0.3 is 6.09 Å². The maximum atomic E-state index is 11.8. The van der Waals surface area contributed by atoms with Crippen LogP contribution in [0.4, 0.5) is 10.6 Å². The molecule has 1 fully saturated rings. The van der Waals surface area contributed by atoms with Crippen molar-refractivity contribution in [2.75, 3.05) is 18.5 Å². The van der Waals surface area contributed by atoms with E-state index >= 15 is 0 Å². The van der Waals surface area contributed by atoms with Crippen molar-refractivity contribution < 1.29 is 19.1 Å². The summed E-state index contributed by atoms with van der Waals surface area (Å²) in [4.78, 5) is 29.8. The van der Waals surface area contributed by atoms with Crippen LogP contribution in [-0.4, -0.2) is 35.2 Å². The molecule has 0 aliphatic carbocycles. The van der Waals surface area contributed by atoms with Crippen LogP contribution < -0.4 is 15.8 Å². The summed E-state index contributed by atoms with van der Waals surface area (Å²) in [5.41, 5.74) is 4.85. The number of aromatic nitrogens is 2. The number of nitrogens with one attached hydrogen (secondary N) is 1. The molecule has 0 radical (unpaired) electrons. The molecule has 18 heavy (non-hydrogen) atoms. The Labute approximate surface area is 102 Å². The van der Waals surface area contributed by atoms with Crippen LogP contribution in [0.5, 0.6) is 5.88 Å². The summed E-state index contributed by atoms with van der Waals surface area (Å²) < 4.78 is 9.69. The molecule has 0 bridgehead atoms. The van der Waals surface area contributed by atoms with E-state index in [9.17, 15) is 9.59 Å². The van der Waals surface area contributed by atoms with Crippen molar-refractivity contribution in [3.05, 3.63) is 12.4 Å². The van der Waals surface area contributed by atoms with E-state index in [0.29, 0.717) is 19.6 Å². The third-order valence-corrected chi connectivity index (χ3v) is 2.40. The fourth-order valence-electron chi connectivity index (χ4n) is 1.54. The van der Waals surface area contributed by atoms with Crippen molar-refractivity contribution in [3.8, 4) is 5.88 Å². The summed E-state index contributed by atoms with van der Waals surface area (Å²) >= 11 is 0. The third kappa shape index (κ3) is 3.14. The molecular formula is C10H12N4O4. The fourth-order valence-corrected chi connectivity index (χ4v) is 1.54. The Morgan fingerprint density at radius 1 is 1.50 bits per heavy atom. The minimum absolute atomic E-state index is 0.0181. The van der Waals surface area contributed by atoms with Gasteiger partial charge in [0, 0.05) is 12.7 Å². The van der Waals surface area contributed by atoms with Gasteiger partial charge in [0.25, 0.3) is 0 Å². The number of rotatable bonds is 3. The van der Waals surface area contributed by atoms with Gasteiger partial charge in [-0.2, -0.15) is 0 Å². The number of hydrogen-bond acceptors (Lipinski definition) is 6. The Morgan fingerprint density at radius 3 is 3.00 bits per heavy atom. The zero-order valence-corrected chi connectivity index (χ0v) is 9.46. The van der Waals surface area contributed by atoms with Gasteiger partial charge in [-0.3, -0.25) is 4.79 Å². The topological polar surface area (TPSA) is 116 Å². The first-order valence-corrected chi connectivity index (χ1v) is 5.33. The van der Waals surface area contributed by atoms with Crippen molar-refractivity contribution in [1.29, 1.82) is 0 Å². The molecule has 1 atom stereocenters. The fraction of sp³-hybridized carbons (Fsp3) is 0.400. The summed E-state index contributed by atoms with van der Waals surface area (Å²) in [6.07, 6.45) is 0.871. The third-order valence-electron chi connectivity index (χ3n) is 2.40. The van der Waals surface area contributed by atoms with E-state index < -0.39 is 6.09 Å². The molecular weight excluding hydrogens is 240 g/mol. The van der Waals surface area contributed by atoms with Gasteiger partial charge in [0.1, 0.15) is 12.1 Å². The quantitative estimate of drug-likeness (QED) is 0.776. The molecule has 2 heterocycles. The standard InChI is InChI=1S/C10H12N4O4/c11-10(16)18-8-3-7(12-5-13-8)14-9(15)6-1-2-17-4-6/h3,5-6H,1-2,4H2,(H2,11,16)(H,12,13,14,15). The zero-order chi connectivity index (χ0) is 13.0. The number of ether oxygens (including phenoxy) is 2. The van der Waals surface area contributed by atoms with E-state index in [0.717, 1.165) is 0 Å². The molecule has 0 saturated carbocycles. The highest BCUT2D eigenvalue weighted by Crippen LogP contribution is 2.16. The van der Waals surface area contributed by atoms with E-state index in [4.69, 9.17) is 10.5 Å². The van der Waals surface area contributed by atoms with Gasteiger partial charge in [0.15, 0.2) is 0 Å². The Balaban J connectivity index is 2.00. The van der Waals surface area contributed by atoms with E-state index in [1.807, 2.05) is 0 Å². The number of primary amides is 1. The van der Waals surface area contributed by atoms with Crippen molar-refractivity contribution in [2.45, 2.75) is 6.42 Å². The highest BCUT2D eigenvalue weighted by molar-refractivity contribution is 5.92. The summed E-state index contributed by atoms with van der Waals surface area (Å²) in [5.74, 6) is -0.134. The van der Waals surface area contributed by atoms with E-state index in [1.54, 1.807) is 0 Å². The second-order valence-corrected chi connectivity index (χ2v) is 3.71. The van der Waals surface area contributed by atoms with Crippen molar-refractivity contribution >= 4 is 17.8 Å². The first-order valence-electron chi connectivity index (χ1n) is 5.33. The monoisotopic (exact) mass is 252 g/mol. The van der Waals surface area contributed by atoms with Crippen LogP contribution in [-0.2, 0) is 9.53 Å². The van der Waals surface area contributed by atoms with Crippen LogP contribution in [0.15, 0.2) is 12.4 Å². The predicted octanol–water partition coefficient (Wildman–Crippen LogP) is -0.0909. The van der Waals surface area contributed by atoms with Crippen molar-refractivity contribution in [3.63, 3.8) is 0 Å². The number of carbonyl (C=O) groups excluding carboxylic acids is 2. The molecule has 1 aliphatic rings. The number of nitrogens with two attached hydrogens (primary N) is 1. The number of carbonyl (C=O) groups is 2. The average Bonchev–Trinajstić information content (AvgIpc) is 2.81. The van der Waals surface area contributed by atoms with Crippen LogP contribution in [0, 0.1) is 5.92 Å². The second kappa shape index (κ2) is 5.41. The zero-order valence-electron chi connectivity index (χ0n) is 9.46. The Morgan fingerprint density at radius 2 is 2.33 bits per heavy atom. The molecule has 1 unspecified atom stereocenters. The molecule has 0 spiro atoms. The second-order valence-electron chi connectivity index (χ2n) is 3.71. The average molecular weight is 252 g/mol. The molecule has 8 heteroatoms. The highest BCUT2D eigenvalue weighted by atomic mass is 16.6. The molecule has 1 aromatic rings. The first-order chi connectivity index (χ1) is 8.65. The predicted molar refractivity (Wildman–Crippen MR) is 59.8 cm³/mol. The van der Waals surface area contributed by atoms with Gasteiger partial charge in [0.05, 0.1) is 12.5 Å². The van der Waals surface area contributed by atoms with Gasteiger partial charge in [-0.05, 0) is 6.42 Å². The Kier molecular flexibility index (Phi) is 3.68. The molecule has 1 aliphatic heterocycles. The van der Waals surface area contributed by atoms with E-state index in [1.165, 1.54) is 12.4 Å². The largest absolute Gasteiger partial charge is 0.411 e. The summed E-state index contributed by atoms with van der Waals surface area (Å²) in [5, 5.41) is 2.60. The van der Waals surface area contributed by atoms with Crippen LogP contribution in [0.3, 0.4) is 0 Å². The summed E-state index contributed by atoms with van der Waals surface area (Å²) in [6.45, 7) is 0.986. The lowest BCUT2D eigenvalue weighted by atomic mass is 10.1. The van der Waals surface area contributed by atoms with Crippen LogP contribution in [0.2, 0.25) is 0 Å². The minimum Gasteiger partial charge on any atom is -0.391 e. The molecule has 96 valence electrons. The van der Waals surface area contributed by atoms with Crippen molar-refractivity contribution in [1.82, 2.24) is 9.97 Å². The molecule has 2 amide bonds. The van der Waals surface area contributed by atoms with Gasteiger partial charge < -0.3 is 20.5 Å². The van der Waals surface area contributed by atoms with E-state index in [2.05, 4.69) is 20.0 Å². The molecule has 8 nitrogen and oxygen atoms in total. The number of amides is 2. The van der Waals surface area contributed by atoms with E-state index in [-0.39, 0.29) is 23.5 Å². The smallest absolute Gasteiger partial charge is 0.391 e. The summed E-state index contributed by atoms with van der Waals surface area (Å²) in [6, 6.07) is 1.32. The summed E-state index contributed by atoms with van der Waals surface area (Å²) in [7, 11) is 0. The minimum atomic E-state index is -0.977. The number of hydrogen-bond donors (Lipinski definition) is 2. The number of nitrogens with zero attached hydrogens (tertiary/aromatic N) is 2. The molecule has 2 rings (SSSR count). The van der Waals surface area contributed by atoms with Gasteiger partial charge in [-0.25, -0.2) is 14.8 Å². The normalized spacial score (nSPS) is 18.3. The van der Waals surface area contributed by atoms with Gasteiger partial charge in [0.2, 0.25) is 11.8 Å².